The highest BCUT2D eigenvalue weighted by molar-refractivity contribution is 9.10. The van der Waals surface area contributed by atoms with Crippen LogP contribution in [0.4, 0.5) is 0 Å². The van der Waals surface area contributed by atoms with Gasteiger partial charge < -0.3 is 0 Å². The Morgan fingerprint density at radius 1 is 1.36 bits per heavy atom. The van der Waals surface area contributed by atoms with E-state index in [1.165, 1.54) is 11.1 Å². The first-order valence-corrected chi connectivity index (χ1v) is 5.86. The van der Waals surface area contributed by atoms with E-state index in [1.807, 2.05) is 39.0 Å². The first-order valence-electron chi connectivity index (χ1n) is 4.69. The lowest BCUT2D eigenvalue weighted by atomic mass is 10.1. The van der Waals surface area contributed by atoms with E-state index < -0.39 is 0 Å². The van der Waals surface area contributed by atoms with Crippen LogP contribution in [0.3, 0.4) is 0 Å². The predicted molar refractivity (Wildman–Crippen MR) is 69.7 cm³/mol. The van der Waals surface area contributed by atoms with E-state index in [0.29, 0.717) is 0 Å². The molecule has 2 heteroatoms. The van der Waals surface area contributed by atoms with Crippen LogP contribution in [0.25, 0.3) is 6.08 Å². The Labute approximate surface area is 100 Å². The molecule has 0 radical (unpaired) electrons. The number of halogens is 2. The lowest BCUT2D eigenvalue weighted by molar-refractivity contribution is 1.42. The number of aryl methyl sites for hydroxylation is 1. The van der Waals surface area contributed by atoms with Crippen LogP contribution in [-0.2, 0) is 0 Å². The first kappa shape index (κ1) is 13.7. The molecule has 1 rings (SSSR count). The van der Waals surface area contributed by atoms with Crippen LogP contribution >= 0.6 is 27.5 Å². The van der Waals surface area contributed by atoms with Crippen LogP contribution in [0.1, 0.15) is 31.9 Å². The molecule has 0 fully saturated rings. The maximum absolute atomic E-state index is 5.77. The zero-order valence-corrected chi connectivity index (χ0v) is 11.4. The largest absolute Gasteiger partial charge is 0.0894 e. The van der Waals surface area contributed by atoms with Crippen molar-refractivity contribution in [2.45, 2.75) is 27.7 Å². The highest BCUT2D eigenvalue weighted by Crippen LogP contribution is 2.18. The number of hydrogen-bond acceptors (Lipinski definition) is 0. The molecule has 0 aliphatic rings. The van der Waals surface area contributed by atoms with Crippen LogP contribution in [0, 0.1) is 6.92 Å². The van der Waals surface area contributed by atoms with Crippen molar-refractivity contribution in [3.8, 4) is 0 Å². The standard InChI is InChI=1S/C10H10BrCl.C2H6/c1-7-5-10(11)4-3-9(7)6-8(2)12;1-2/h3-6H,1-2H3;1-2H3/b8-6+;. The van der Waals surface area contributed by atoms with Gasteiger partial charge in [-0.05, 0) is 43.2 Å². The molecule has 0 heterocycles. The van der Waals surface area contributed by atoms with E-state index in [1.54, 1.807) is 0 Å². The highest BCUT2D eigenvalue weighted by Gasteiger charge is 1.95. The van der Waals surface area contributed by atoms with Gasteiger partial charge in [0.1, 0.15) is 0 Å². The summed E-state index contributed by atoms with van der Waals surface area (Å²) in [7, 11) is 0. The molecule has 0 atom stereocenters. The third-order valence-corrected chi connectivity index (χ3v) is 2.19. The summed E-state index contributed by atoms with van der Waals surface area (Å²) in [6.45, 7) is 7.94. The van der Waals surface area contributed by atoms with E-state index in [4.69, 9.17) is 11.6 Å². The predicted octanol–water partition coefficient (Wildman–Crippen LogP) is 5.38. The summed E-state index contributed by atoms with van der Waals surface area (Å²) in [5, 5.41) is 0.806. The zero-order valence-electron chi connectivity index (χ0n) is 9.07. The van der Waals surface area contributed by atoms with Crippen molar-refractivity contribution in [3.05, 3.63) is 38.8 Å². The van der Waals surface area contributed by atoms with Gasteiger partial charge >= 0.3 is 0 Å². The van der Waals surface area contributed by atoms with Crippen molar-refractivity contribution >= 4 is 33.6 Å². The molecule has 78 valence electrons. The monoisotopic (exact) mass is 274 g/mol. The first-order chi connectivity index (χ1) is 6.59. The van der Waals surface area contributed by atoms with Crippen LogP contribution in [-0.4, -0.2) is 0 Å². The second-order valence-corrected chi connectivity index (χ2v) is 4.24. The van der Waals surface area contributed by atoms with Gasteiger partial charge in [-0.15, -0.1) is 0 Å². The molecular formula is C12H16BrCl. The highest BCUT2D eigenvalue weighted by atomic mass is 79.9. The van der Waals surface area contributed by atoms with Crippen molar-refractivity contribution in [3.63, 3.8) is 0 Å². The molecule has 0 saturated heterocycles. The Morgan fingerprint density at radius 2 is 1.93 bits per heavy atom. The number of rotatable bonds is 1. The smallest absolute Gasteiger partial charge is 0.0178 e. The Morgan fingerprint density at radius 3 is 2.36 bits per heavy atom. The van der Waals surface area contributed by atoms with Gasteiger partial charge in [-0.1, -0.05) is 47.4 Å². The lowest BCUT2D eigenvalue weighted by Gasteiger charge is -2.00. The molecule has 0 aliphatic carbocycles. The van der Waals surface area contributed by atoms with Crippen molar-refractivity contribution in [2.24, 2.45) is 0 Å². The minimum atomic E-state index is 0.806. The van der Waals surface area contributed by atoms with Gasteiger partial charge in [0.05, 0.1) is 0 Å². The maximum Gasteiger partial charge on any atom is 0.0178 e. The Kier molecular flexibility index (Phi) is 6.94. The molecule has 1 aromatic carbocycles. The number of allylic oxidation sites excluding steroid dienone is 1. The molecule has 14 heavy (non-hydrogen) atoms. The van der Waals surface area contributed by atoms with Crippen molar-refractivity contribution in [2.75, 3.05) is 0 Å². The quantitative estimate of drug-likeness (QED) is 0.645. The summed E-state index contributed by atoms with van der Waals surface area (Å²) >= 11 is 9.18. The minimum absolute atomic E-state index is 0.806. The average Bonchev–Trinajstić information content (AvgIpc) is 2.13. The lowest BCUT2D eigenvalue weighted by Crippen LogP contribution is -1.79. The van der Waals surface area contributed by atoms with Crippen LogP contribution in [0.5, 0.6) is 0 Å². The molecule has 0 aliphatic heterocycles. The second-order valence-electron chi connectivity index (χ2n) is 2.73. The van der Waals surface area contributed by atoms with Gasteiger partial charge in [-0.25, -0.2) is 0 Å². The van der Waals surface area contributed by atoms with Crippen molar-refractivity contribution in [1.29, 1.82) is 0 Å². The summed E-state index contributed by atoms with van der Waals surface area (Å²) < 4.78 is 1.10. The fourth-order valence-electron chi connectivity index (χ4n) is 1.02. The van der Waals surface area contributed by atoms with Crippen LogP contribution in [0.2, 0.25) is 0 Å². The van der Waals surface area contributed by atoms with Gasteiger partial charge in [0.2, 0.25) is 0 Å². The van der Waals surface area contributed by atoms with Gasteiger partial charge in [-0.3, -0.25) is 0 Å². The summed E-state index contributed by atoms with van der Waals surface area (Å²) in [5.74, 6) is 0. The third-order valence-electron chi connectivity index (χ3n) is 1.59. The number of benzene rings is 1. The average molecular weight is 276 g/mol. The van der Waals surface area contributed by atoms with E-state index in [-0.39, 0.29) is 0 Å². The molecule has 1 aromatic rings. The number of hydrogen-bond donors (Lipinski definition) is 0. The normalized spacial score (nSPS) is 10.6. The molecule has 0 aromatic heterocycles. The van der Waals surface area contributed by atoms with Crippen molar-refractivity contribution < 1.29 is 0 Å². The topological polar surface area (TPSA) is 0 Å². The summed E-state index contributed by atoms with van der Waals surface area (Å²) in [6.07, 6.45) is 1.96. The van der Waals surface area contributed by atoms with Crippen molar-refractivity contribution in [1.82, 2.24) is 0 Å². The summed E-state index contributed by atoms with van der Waals surface area (Å²) in [6, 6.07) is 6.13. The fraction of sp³-hybridized carbons (Fsp3) is 0.333. The molecular weight excluding hydrogens is 259 g/mol. The Balaban J connectivity index is 0.000000791. The molecule has 0 amide bonds. The minimum Gasteiger partial charge on any atom is -0.0894 e. The Hall–Kier alpha value is -0.270. The molecule has 0 nitrogen and oxygen atoms in total. The molecule has 0 bridgehead atoms. The van der Waals surface area contributed by atoms with Crippen LogP contribution in [0.15, 0.2) is 27.7 Å². The van der Waals surface area contributed by atoms with Gasteiger partial charge in [0, 0.05) is 9.51 Å². The van der Waals surface area contributed by atoms with E-state index in [9.17, 15) is 0 Å². The maximum atomic E-state index is 5.77. The van der Waals surface area contributed by atoms with Gasteiger partial charge in [0.15, 0.2) is 0 Å². The molecule has 0 N–H and O–H groups in total. The summed E-state index contributed by atoms with van der Waals surface area (Å²) in [4.78, 5) is 0. The Bertz CT molecular complexity index is 312. The molecule has 0 spiro atoms. The van der Waals surface area contributed by atoms with E-state index in [2.05, 4.69) is 28.9 Å². The van der Waals surface area contributed by atoms with Gasteiger partial charge in [0.25, 0.3) is 0 Å². The van der Waals surface area contributed by atoms with E-state index >= 15 is 0 Å². The fourth-order valence-corrected chi connectivity index (χ4v) is 1.61. The zero-order chi connectivity index (χ0) is 11.1. The second kappa shape index (κ2) is 7.08. The third kappa shape index (κ3) is 4.83. The molecule has 0 saturated carbocycles. The van der Waals surface area contributed by atoms with Crippen LogP contribution < -0.4 is 0 Å². The molecule has 0 unspecified atom stereocenters. The SMILES string of the molecule is C/C(Cl)=C\c1ccc(Br)cc1C.CC. The van der Waals surface area contributed by atoms with Gasteiger partial charge in [-0.2, -0.15) is 0 Å². The van der Waals surface area contributed by atoms with E-state index in [0.717, 1.165) is 9.51 Å². The summed E-state index contributed by atoms with van der Waals surface area (Å²) in [5.41, 5.74) is 2.40.